The van der Waals surface area contributed by atoms with Crippen molar-refractivity contribution in [2.45, 2.75) is 38.6 Å². The molecular weight excluding hydrogens is 276 g/mol. The number of carbonyl (C=O) groups excluding carboxylic acids is 1. The number of carbonyl (C=O) groups is 1. The number of amides is 1. The van der Waals surface area contributed by atoms with Gasteiger partial charge in [-0.3, -0.25) is 4.79 Å². The van der Waals surface area contributed by atoms with Crippen LogP contribution in [0.4, 0.5) is 5.69 Å². The Morgan fingerprint density at radius 1 is 1.14 bits per heavy atom. The van der Waals surface area contributed by atoms with Gasteiger partial charge in [-0.1, -0.05) is 18.6 Å². The van der Waals surface area contributed by atoms with Gasteiger partial charge in [0.2, 0.25) is 5.91 Å². The second-order valence-corrected chi connectivity index (χ2v) is 6.63. The van der Waals surface area contributed by atoms with Crippen molar-refractivity contribution in [2.24, 2.45) is 11.8 Å². The Morgan fingerprint density at radius 2 is 1.82 bits per heavy atom. The number of nitrogens with zero attached hydrogens (tertiary/aromatic N) is 1. The third-order valence-electron chi connectivity index (χ3n) is 5.12. The summed E-state index contributed by atoms with van der Waals surface area (Å²) >= 11 is 0. The SMILES string of the molecule is O=C(NCc1ccc(N2CCC(CO)CC2)cc1)C1CCC1. The third kappa shape index (κ3) is 3.61. The first kappa shape index (κ1) is 15.3. The van der Waals surface area contributed by atoms with Crippen molar-refractivity contribution < 1.29 is 9.90 Å². The predicted molar refractivity (Wildman–Crippen MR) is 87.7 cm³/mol. The molecule has 2 fully saturated rings. The van der Waals surface area contributed by atoms with Gasteiger partial charge in [-0.05, 0) is 49.3 Å². The van der Waals surface area contributed by atoms with Crippen LogP contribution < -0.4 is 10.2 Å². The fourth-order valence-electron chi connectivity index (χ4n) is 3.20. The van der Waals surface area contributed by atoms with Crippen LogP contribution in [0.25, 0.3) is 0 Å². The van der Waals surface area contributed by atoms with E-state index in [0.29, 0.717) is 19.1 Å². The lowest BCUT2D eigenvalue weighted by Crippen LogP contribution is -2.35. The van der Waals surface area contributed by atoms with Crippen molar-refractivity contribution in [3.8, 4) is 0 Å². The smallest absolute Gasteiger partial charge is 0.223 e. The van der Waals surface area contributed by atoms with E-state index in [4.69, 9.17) is 0 Å². The van der Waals surface area contributed by atoms with E-state index in [1.54, 1.807) is 0 Å². The second kappa shape index (κ2) is 7.14. The molecule has 0 spiro atoms. The molecule has 0 bridgehead atoms. The first-order valence-electron chi connectivity index (χ1n) is 8.48. The van der Waals surface area contributed by atoms with Gasteiger partial charge in [0.1, 0.15) is 0 Å². The molecule has 1 aliphatic carbocycles. The molecular formula is C18H26N2O2. The van der Waals surface area contributed by atoms with Crippen molar-refractivity contribution in [3.63, 3.8) is 0 Å². The summed E-state index contributed by atoms with van der Waals surface area (Å²) in [6.07, 6.45) is 5.42. The topological polar surface area (TPSA) is 52.6 Å². The van der Waals surface area contributed by atoms with Crippen molar-refractivity contribution in [2.75, 3.05) is 24.6 Å². The molecule has 22 heavy (non-hydrogen) atoms. The molecule has 0 unspecified atom stereocenters. The van der Waals surface area contributed by atoms with Crippen LogP contribution in [0.15, 0.2) is 24.3 Å². The monoisotopic (exact) mass is 302 g/mol. The van der Waals surface area contributed by atoms with E-state index < -0.39 is 0 Å². The molecule has 1 aromatic rings. The first-order chi connectivity index (χ1) is 10.8. The quantitative estimate of drug-likeness (QED) is 0.877. The highest BCUT2D eigenvalue weighted by Crippen LogP contribution is 2.26. The summed E-state index contributed by atoms with van der Waals surface area (Å²) in [6.45, 7) is 2.97. The number of anilines is 1. The molecule has 1 saturated carbocycles. The summed E-state index contributed by atoms with van der Waals surface area (Å²) in [4.78, 5) is 14.2. The van der Waals surface area contributed by atoms with Gasteiger partial charge in [0.05, 0.1) is 0 Å². The number of rotatable bonds is 5. The van der Waals surface area contributed by atoms with Gasteiger partial charge in [-0.15, -0.1) is 0 Å². The molecule has 2 N–H and O–H groups in total. The first-order valence-corrected chi connectivity index (χ1v) is 8.48. The Hall–Kier alpha value is -1.55. The Kier molecular flexibility index (Phi) is 4.98. The van der Waals surface area contributed by atoms with Crippen LogP contribution in [0.3, 0.4) is 0 Å². The number of aliphatic hydroxyl groups excluding tert-OH is 1. The summed E-state index contributed by atoms with van der Waals surface area (Å²) in [5.41, 5.74) is 2.40. The van der Waals surface area contributed by atoms with Gasteiger partial charge in [-0.2, -0.15) is 0 Å². The fraction of sp³-hybridized carbons (Fsp3) is 0.611. The lowest BCUT2D eigenvalue weighted by Gasteiger charge is -2.33. The van der Waals surface area contributed by atoms with E-state index in [2.05, 4.69) is 34.5 Å². The van der Waals surface area contributed by atoms with Crippen molar-refractivity contribution in [3.05, 3.63) is 29.8 Å². The molecule has 0 aromatic heterocycles. The van der Waals surface area contributed by atoms with Crippen LogP contribution in [-0.4, -0.2) is 30.7 Å². The number of benzene rings is 1. The maximum atomic E-state index is 11.8. The zero-order valence-corrected chi connectivity index (χ0v) is 13.1. The minimum atomic E-state index is 0.210. The maximum Gasteiger partial charge on any atom is 0.223 e. The van der Waals surface area contributed by atoms with Crippen molar-refractivity contribution in [1.29, 1.82) is 0 Å². The van der Waals surface area contributed by atoms with E-state index in [9.17, 15) is 9.90 Å². The highest BCUT2D eigenvalue weighted by Gasteiger charge is 2.24. The molecule has 1 aliphatic heterocycles. The fourth-order valence-corrected chi connectivity index (χ4v) is 3.20. The lowest BCUT2D eigenvalue weighted by molar-refractivity contribution is -0.127. The zero-order valence-electron chi connectivity index (χ0n) is 13.1. The van der Waals surface area contributed by atoms with Crippen LogP contribution in [-0.2, 0) is 11.3 Å². The lowest BCUT2D eigenvalue weighted by atomic mass is 9.85. The molecule has 1 aromatic carbocycles. The summed E-state index contributed by atoms with van der Waals surface area (Å²) < 4.78 is 0. The van der Waals surface area contributed by atoms with Crippen molar-refractivity contribution in [1.82, 2.24) is 5.32 Å². The molecule has 1 saturated heterocycles. The number of piperidine rings is 1. The van der Waals surface area contributed by atoms with Crippen LogP contribution in [0.2, 0.25) is 0 Å². The van der Waals surface area contributed by atoms with Crippen LogP contribution in [0.1, 0.15) is 37.7 Å². The zero-order chi connectivity index (χ0) is 15.4. The Bertz CT molecular complexity index is 488. The van der Waals surface area contributed by atoms with Crippen LogP contribution in [0, 0.1) is 11.8 Å². The molecule has 0 atom stereocenters. The molecule has 4 heteroatoms. The molecule has 0 radical (unpaired) electrons. The summed E-state index contributed by atoms with van der Waals surface area (Å²) in [5, 5.41) is 12.2. The minimum Gasteiger partial charge on any atom is -0.396 e. The highest BCUT2D eigenvalue weighted by atomic mass is 16.3. The molecule has 2 aliphatic rings. The van der Waals surface area contributed by atoms with Gasteiger partial charge < -0.3 is 15.3 Å². The Balaban J connectivity index is 1.48. The number of nitrogens with one attached hydrogen (secondary N) is 1. The predicted octanol–water partition coefficient (Wildman–Crippen LogP) is 2.31. The molecule has 1 heterocycles. The van der Waals surface area contributed by atoms with Gasteiger partial charge in [0.15, 0.2) is 0 Å². The number of hydrogen-bond donors (Lipinski definition) is 2. The molecule has 120 valence electrons. The van der Waals surface area contributed by atoms with Crippen LogP contribution >= 0.6 is 0 Å². The molecule has 3 rings (SSSR count). The van der Waals surface area contributed by atoms with Gasteiger partial charge in [-0.25, -0.2) is 0 Å². The standard InChI is InChI=1S/C18H26N2O2/c21-13-15-8-10-20(11-9-15)17-6-4-14(5-7-17)12-19-18(22)16-2-1-3-16/h4-7,15-16,21H,1-3,8-13H2,(H,19,22). The van der Waals surface area contributed by atoms with E-state index >= 15 is 0 Å². The maximum absolute atomic E-state index is 11.8. The highest BCUT2D eigenvalue weighted by molar-refractivity contribution is 5.79. The van der Waals surface area contributed by atoms with Gasteiger partial charge in [0.25, 0.3) is 0 Å². The summed E-state index contributed by atoms with van der Waals surface area (Å²) in [7, 11) is 0. The van der Waals surface area contributed by atoms with E-state index in [1.165, 1.54) is 12.1 Å². The average Bonchev–Trinajstić information content (AvgIpc) is 2.52. The largest absolute Gasteiger partial charge is 0.396 e. The summed E-state index contributed by atoms with van der Waals surface area (Å²) in [6, 6.07) is 8.50. The molecule has 1 amide bonds. The third-order valence-corrected chi connectivity index (χ3v) is 5.12. The Labute approximate surface area is 132 Å². The van der Waals surface area contributed by atoms with Crippen molar-refractivity contribution >= 4 is 11.6 Å². The number of hydrogen-bond acceptors (Lipinski definition) is 3. The minimum absolute atomic E-state index is 0.210. The Morgan fingerprint density at radius 3 is 2.36 bits per heavy atom. The normalized spacial score (nSPS) is 19.8. The summed E-state index contributed by atoms with van der Waals surface area (Å²) in [5.74, 6) is 0.936. The molecule has 4 nitrogen and oxygen atoms in total. The number of aliphatic hydroxyl groups is 1. The van der Waals surface area contributed by atoms with Gasteiger partial charge >= 0.3 is 0 Å². The van der Waals surface area contributed by atoms with Gasteiger partial charge in [0, 0.05) is 37.8 Å². The average molecular weight is 302 g/mol. The second-order valence-electron chi connectivity index (χ2n) is 6.63. The van der Waals surface area contributed by atoms with E-state index in [1.807, 2.05) is 0 Å². The van der Waals surface area contributed by atoms with Crippen LogP contribution in [0.5, 0.6) is 0 Å². The van der Waals surface area contributed by atoms with E-state index in [-0.39, 0.29) is 11.8 Å². The van der Waals surface area contributed by atoms with E-state index in [0.717, 1.165) is 44.3 Å².